The number of carbonyl (C=O) groups excluding carboxylic acids is 2. The number of hydrogen-bond donors (Lipinski definition) is 1. The van der Waals surface area contributed by atoms with Crippen LogP contribution in [0.1, 0.15) is 34.7 Å². The highest BCUT2D eigenvalue weighted by atomic mass is 32.1. The van der Waals surface area contributed by atoms with Gasteiger partial charge in [-0.25, -0.2) is 9.48 Å². The number of aryl methyl sites for hydroxylation is 1. The number of anilines is 1. The van der Waals surface area contributed by atoms with Crippen molar-refractivity contribution in [2.45, 2.75) is 20.0 Å². The van der Waals surface area contributed by atoms with Crippen LogP contribution < -0.4 is 10.2 Å². The number of nitriles is 1. The molecule has 2 aromatic carbocycles. The predicted molar refractivity (Wildman–Crippen MR) is 126 cm³/mol. The molecular weight excluding hydrogens is 438 g/mol. The van der Waals surface area contributed by atoms with Crippen LogP contribution in [0.15, 0.2) is 60.8 Å². The number of rotatable bonds is 5. The zero-order valence-corrected chi connectivity index (χ0v) is 18.9. The molecule has 1 saturated heterocycles. The Labute approximate surface area is 196 Å². The molecule has 0 spiro atoms. The fraction of sp³-hybridized carbons (Fsp3) is 0.208. The van der Waals surface area contributed by atoms with E-state index >= 15 is 0 Å². The van der Waals surface area contributed by atoms with Gasteiger partial charge in [0.1, 0.15) is 11.2 Å². The Morgan fingerprint density at radius 3 is 2.52 bits per heavy atom. The molecule has 2 heterocycles. The van der Waals surface area contributed by atoms with Gasteiger partial charge in [0.25, 0.3) is 0 Å². The summed E-state index contributed by atoms with van der Waals surface area (Å²) in [4.78, 5) is 27.4. The molecule has 1 aliphatic heterocycles. The van der Waals surface area contributed by atoms with Crippen molar-refractivity contribution in [1.29, 1.82) is 5.26 Å². The van der Waals surface area contributed by atoms with E-state index in [1.165, 1.54) is 0 Å². The predicted octanol–water partition coefficient (Wildman–Crippen LogP) is 3.46. The molecule has 2 atom stereocenters. The van der Waals surface area contributed by atoms with Gasteiger partial charge in [-0.15, -0.1) is 0 Å². The first kappa shape index (κ1) is 22.2. The van der Waals surface area contributed by atoms with Gasteiger partial charge in [-0.1, -0.05) is 48.1 Å². The number of amides is 1. The molecule has 0 aliphatic carbocycles. The second-order valence-electron chi connectivity index (χ2n) is 7.45. The van der Waals surface area contributed by atoms with E-state index < -0.39 is 24.0 Å². The SMILES string of the molecule is CCOC(=O)c1nn(-c2ccccc2)cc1C1NC(=O)C(C#N)C(=S)N1c1ccc(C)cc1. The Kier molecular flexibility index (Phi) is 6.20. The first-order valence-electron chi connectivity index (χ1n) is 10.4. The molecule has 9 heteroatoms. The third-order valence-electron chi connectivity index (χ3n) is 5.25. The smallest absolute Gasteiger partial charge is 0.359 e. The third-order valence-corrected chi connectivity index (χ3v) is 5.68. The normalized spacial score (nSPS) is 17.9. The summed E-state index contributed by atoms with van der Waals surface area (Å²) in [6.07, 6.45) is 0.817. The number of nitrogens with zero attached hydrogens (tertiary/aromatic N) is 4. The lowest BCUT2D eigenvalue weighted by Crippen LogP contribution is -2.55. The standard InChI is InChI=1S/C24H21N5O3S/c1-3-32-24(31)20-19(14-28(27-20)16-7-5-4-6-8-16)21-26-22(30)18(13-25)23(33)29(21)17-11-9-15(2)10-12-17/h4-12,14,18,21H,3H2,1-2H3,(H,26,30). The average Bonchev–Trinajstić information content (AvgIpc) is 3.26. The van der Waals surface area contributed by atoms with Crippen molar-refractivity contribution >= 4 is 34.8 Å². The van der Waals surface area contributed by atoms with Crippen molar-refractivity contribution < 1.29 is 14.3 Å². The molecule has 0 radical (unpaired) electrons. The Hall–Kier alpha value is -4.03. The Morgan fingerprint density at radius 2 is 1.88 bits per heavy atom. The van der Waals surface area contributed by atoms with E-state index in [0.29, 0.717) is 11.3 Å². The molecule has 1 aliphatic rings. The summed E-state index contributed by atoms with van der Waals surface area (Å²) in [5, 5.41) is 16.9. The highest BCUT2D eigenvalue weighted by Crippen LogP contribution is 2.34. The lowest BCUT2D eigenvalue weighted by atomic mass is 10.0. The van der Waals surface area contributed by atoms with Crippen LogP contribution in [0.4, 0.5) is 5.69 Å². The average molecular weight is 460 g/mol. The summed E-state index contributed by atoms with van der Waals surface area (Å²) in [5.41, 5.74) is 2.92. The Morgan fingerprint density at radius 1 is 1.18 bits per heavy atom. The number of esters is 1. The van der Waals surface area contributed by atoms with E-state index in [2.05, 4.69) is 10.4 Å². The van der Waals surface area contributed by atoms with Crippen LogP contribution in [0.25, 0.3) is 5.69 Å². The van der Waals surface area contributed by atoms with Crippen LogP contribution >= 0.6 is 12.2 Å². The molecule has 1 fully saturated rings. The summed E-state index contributed by atoms with van der Waals surface area (Å²) in [6.45, 7) is 3.84. The molecule has 166 valence electrons. The van der Waals surface area contributed by atoms with Gasteiger partial charge in [-0.05, 0) is 38.1 Å². The number of para-hydroxylation sites is 1. The number of thiocarbonyl (C=S) groups is 1. The van der Waals surface area contributed by atoms with Crippen LogP contribution in [0, 0.1) is 24.2 Å². The summed E-state index contributed by atoms with van der Waals surface area (Å²) >= 11 is 5.58. The second kappa shape index (κ2) is 9.22. The number of hydrogen-bond acceptors (Lipinski definition) is 6. The summed E-state index contributed by atoms with van der Waals surface area (Å²) in [5.74, 6) is -2.28. The quantitative estimate of drug-likeness (QED) is 0.461. The van der Waals surface area contributed by atoms with Crippen LogP contribution in [0.5, 0.6) is 0 Å². The van der Waals surface area contributed by atoms with E-state index in [1.54, 1.807) is 22.7 Å². The Bertz CT molecular complexity index is 1250. The maximum atomic E-state index is 12.8. The molecular formula is C24H21N5O3S. The van der Waals surface area contributed by atoms with Gasteiger partial charge in [0.15, 0.2) is 11.6 Å². The number of nitrogens with one attached hydrogen (secondary N) is 1. The van der Waals surface area contributed by atoms with E-state index in [0.717, 1.165) is 11.3 Å². The van der Waals surface area contributed by atoms with Crippen LogP contribution in [-0.4, -0.2) is 33.3 Å². The van der Waals surface area contributed by atoms with Crippen molar-refractivity contribution in [2.75, 3.05) is 11.5 Å². The van der Waals surface area contributed by atoms with Gasteiger partial charge in [0, 0.05) is 17.4 Å². The summed E-state index contributed by atoms with van der Waals surface area (Å²) in [7, 11) is 0. The summed E-state index contributed by atoms with van der Waals surface area (Å²) < 4.78 is 6.79. The topological polar surface area (TPSA) is 100 Å². The highest BCUT2D eigenvalue weighted by Gasteiger charge is 2.42. The van der Waals surface area contributed by atoms with Crippen LogP contribution in [0.2, 0.25) is 0 Å². The molecule has 1 N–H and O–H groups in total. The van der Waals surface area contributed by atoms with Crippen LogP contribution in [-0.2, 0) is 9.53 Å². The van der Waals surface area contributed by atoms with Gasteiger partial charge < -0.3 is 15.0 Å². The number of benzene rings is 2. The number of carbonyl (C=O) groups is 2. The largest absolute Gasteiger partial charge is 0.461 e. The first-order valence-corrected chi connectivity index (χ1v) is 10.8. The molecule has 0 bridgehead atoms. The number of ether oxygens (including phenoxy) is 1. The van der Waals surface area contributed by atoms with Crippen molar-refractivity contribution in [3.63, 3.8) is 0 Å². The lowest BCUT2D eigenvalue weighted by Gasteiger charge is -2.39. The third kappa shape index (κ3) is 4.21. The lowest BCUT2D eigenvalue weighted by molar-refractivity contribution is -0.123. The van der Waals surface area contributed by atoms with E-state index in [1.807, 2.05) is 67.6 Å². The monoisotopic (exact) mass is 459 g/mol. The highest BCUT2D eigenvalue weighted by molar-refractivity contribution is 7.80. The van der Waals surface area contributed by atoms with E-state index in [9.17, 15) is 14.9 Å². The van der Waals surface area contributed by atoms with Gasteiger partial charge in [0.05, 0.1) is 18.4 Å². The van der Waals surface area contributed by atoms with Gasteiger partial charge >= 0.3 is 5.97 Å². The molecule has 2 unspecified atom stereocenters. The fourth-order valence-corrected chi connectivity index (χ4v) is 4.00. The molecule has 0 saturated carbocycles. The maximum absolute atomic E-state index is 12.8. The zero-order valence-electron chi connectivity index (χ0n) is 18.1. The van der Waals surface area contributed by atoms with Crippen LogP contribution in [0.3, 0.4) is 0 Å². The van der Waals surface area contributed by atoms with Gasteiger partial charge in [-0.2, -0.15) is 10.4 Å². The minimum Gasteiger partial charge on any atom is -0.461 e. The minimum absolute atomic E-state index is 0.0568. The van der Waals surface area contributed by atoms with E-state index in [-0.39, 0.29) is 17.3 Å². The number of aromatic nitrogens is 2. The van der Waals surface area contributed by atoms with Crippen molar-refractivity contribution in [2.24, 2.45) is 5.92 Å². The zero-order chi connectivity index (χ0) is 23.5. The molecule has 1 aromatic heterocycles. The fourth-order valence-electron chi connectivity index (χ4n) is 3.63. The van der Waals surface area contributed by atoms with E-state index in [4.69, 9.17) is 17.0 Å². The second-order valence-corrected chi connectivity index (χ2v) is 7.87. The molecule has 4 rings (SSSR count). The first-order chi connectivity index (χ1) is 15.9. The van der Waals surface area contributed by atoms with Crippen molar-refractivity contribution in [3.8, 4) is 11.8 Å². The summed E-state index contributed by atoms with van der Waals surface area (Å²) in [6, 6.07) is 18.8. The van der Waals surface area contributed by atoms with Gasteiger partial charge in [-0.3, -0.25) is 4.79 Å². The molecule has 8 nitrogen and oxygen atoms in total. The molecule has 1 amide bonds. The molecule has 33 heavy (non-hydrogen) atoms. The van der Waals surface area contributed by atoms with Gasteiger partial charge in [0.2, 0.25) is 5.91 Å². The molecule has 3 aromatic rings. The van der Waals surface area contributed by atoms with Crippen molar-refractivity contribution in [3.05, 3.63) is 77.6 Å². The van der Waals surface area contributed by atoms with Crippen molar-refractivity contribution in [1.82, 2.24) is 15.1 Å². The maximum Gasteiger partial charge on any atom is 0.359 e. The Balaban J connectivity index is 1.88. The minimum atomic E-state index is -1.13.